The van der Waals surface area contributed by atoms with Crippen LogP contribution in [0.3, 0.4) is 0 Å². The third-order valence-corrected chi connectivity index (χ3v) is 11.8. The Morgan fingerprint density at radius 3 is 1.90 bits per heavy atom. The third kappa shape index (κ3) is 7.71. The molecule has 272 valence electrons. The number of fused-ring (bicyclic) bond motifs is 6. The van der Waals surface area contributed by atoms with E-state index in [1.54, 1.807) is 0 Å². The first-order valence-corrected chi connectivity index (χ1v) is 20.8. The van der Waals surface area contributed by atoms with Crippen molar-refractivity contribution in [3.8, 4) is 0 Å². The van der Waals surface area contributed by atoms with Crippen LogP contribution in [0, 0.1) is 0 Å². The number of hydrogen-bond donors (Lipinski definition) is 0. The molecular weight excluding hydrogens is 693 g/mol. The Kier molecular flexibility index (Phi) is 10.5. The van der Waals surface area contributed by atoms with Crippen molar-refractivity contribution >= 4 is 58.9 Å². The lowest BCUT2D eigenvalue weighted by atomic mass is 9.79. The molecule has 4 aromatic carbocycles. The number of anilines is 1. The average molecular weight is 738 g/mol. The van der Waals surface area contributed by atoms with Gasteiger partial charge in [0.15, 0.2) is 5.71 Å². The molecule has 0 unspecified atom stereocenters. The van der Waals surface area contributed by atoms with Crippen molar-refractivity contribution in [1.29, 1.82) is 0 Å². The zero-order valence-electron chi connectivity index (χ0n) is 30.1. The minimum Gasteiger partial charge on any atom is -0.748 e. The van der Waals surface area contributed by atoms with Crippen LogP contribution in [0.25, 0.3) is 21.5 Å². The SMILES string of the molecule is CC1(C)C(/C=C/C=C/C=C/C=C2/N(CCCCS(=O)(=O)[O-])c3ccc4ccccc4c3C2(C)C)=[N+](CCCS(=O)(=O)[O-])c2ccc3ccccc3c21. The van der Waals surface area contributed by atoms with Crippen LogP contribution in [0.1, 0.15) is 58.1 Å². The topological polar surface area (TPSA) is 121 Å². The minimum atomic E-state index is -4.32. The van der Waals surface area contributed by atoms with Gasteiger partial charge in [-0.3, -0.25) is 0 Å². The van der Waals surface area contributed by atoms with Crippen molar-refractivity contribution < 1.29 is 30.5 Å². The van der Waals surface area contributed by atoms with Gasteiger partial charge in [0.05, 0.1) is 25.7 Å². The number of unbranched alkanes of at least 4 members (excludes halogenated alkanes) is 1. The summed E-state index contributed by atoms with van der Waals surface area (Å²) in [5.41, 5.74) is 5.94. The Hall–Kier alpha value is -4.35. The Balaban J connectivity index is 1.26. The first kappa shape index (κ1) is 37.4. The van der Waals surface area contributed by atoms with Gasteiger partial charge in [-0.2, -0.15) is 4.58 Å². The summed E-state index contributed by atoms with van der Waals surface area (Å²) in [7, 11) is -8.59. The number of nitrogens with zero attached hydrogens (tertiary/aromatic N) is 2. The van der Waals surface area contributed by atoms with Crippen molar-refractivity contribution in [2.75, 3.05) is 29.5 Å². The van der Waals surface area contributed by atoms with E-state index < -0.39 is 26.0 Å². The van der Waals surface area contributed by atoms with Crippen molar-refractivity contribution in [3.05, 3.63) is 132 Å². The molecule has 0 aromatic heterocycles. The molecule has 0 amide bonds. The minimum absolute atomic E-state index is 0.226. The molecule has 52 heavy (non-hydrogen) atoms. The van der Waals surface area contributed by atoms with E-state index in [-0.39, 0.29) is 23.0 Å². The fourth-order valence-corrected chi connectivity index (χ4v) is 9.03. The zero-order valence-corrected chi connectivity index (χ0v) is 31.7. The number of rotatable bonds is 13. The molecule has 0 aliphatic carbocycles. The van der Waals surface area contributed by atoms with Gasteiger partial charge in [0.25, 0.3) is 0 Å². The predicted octanol–water partition coefficient (Wildman–Crippen LogP) is 7.98. The third-order valence-electron chi connectivity index (χ3n) is 10.3. The van der Waals surface area contributed by atoms with E-state index in [9.17, 15) is 25.9 Å². The largest absolute Gasteiger partial charge is 0.748 e. The molecule has 6 rings (SSSR count). The molecule has 0 fully saturated rings. The second-order valence-corrected chi connectivity index (χ2v) is 17.6. The van der Waals surface area contributed by atoms with E-state index in [4.69, 9.17) is 0 Å². The van der Waals surface area contributed by atoms with Gasteiger partial charge < -0.3 is 14.0 Å². The fraction of sp³-hybridized carbons (Fsp3) is 0.310. The molecule has 0 N–H and O–H groups in total. The van der Waals surface area contributed by atoms with E-state index in [1.165, 1.54) is 16.5 Å². The molecule has 0 bridgehead atoms. The van der Waals surface area contributed by atoms with Crippen LogP contribution in [0.4, 0.5) is 11.4 Å². The lowest BCUT2D eigenvalue weighted by Crippen LogP contribution is -2.28. The molecule has 0 atom stereocenters. The summed E-state index contributed by atoms with van der Waals surface area (Å²) in [6.45, 7) is 9.76. The average Bonchev–Trinajstić information content (AvgIpc) is 3.43. The molecule has 10 heteroatoms. The zero-order chi connectivity index (χ0) is 37.3. The maximum absolute atomic E-state index is 11.4. The number of allylic oxidation sites excluding steroid dienone is 8. The van der Waals surface area contributed by atoms with Gasteiger partial charge in [-0.15, -0.1) is 0 Å². The Bertz CT molecular complexity index is 2400. The van der Waals surface area contributed by atoms with Gasteiger partial charge in [-0.1, -0.05) is 98.8 Å². The summed E-state index contributed by atoms with van der Waals surface area (Å²) in [6, 6.07) is 25.0. The molecule has 0 saturated heterocycles. The highest BCUT2D eigenvalue weighted by molar-refractivity contribution is 7.85. The second-order valence-electron chi connectivity index (χ2n) is 14.6. The summed E-state index contributed by atoms with van der Waals surface area (Å²) in [5, 5.41) is 4.62. The highest BCUT2D eigenvalue weighted by Crippen LogP contribution is 2.51. The molecule has 8 nitrogen and oxygen atoms in total. The molecule has 0 saturated carbocycles. The van der Waals surface area contributed by atoms with Crippen LogP contribution in [0.5, 0.6) is 0 Å². The van der Waals surface area contributed by atoms with Gasteiger partial charge >= 0.3 is 0 Å². The molecule has 2 aliphatic heterocycles. The maximum Gasteiger partial charge on any atom is 0.210 e. The smallest absolute Gasteiger partial charge is 0.210 e. The van der Waals surface area contributed by atoms with Crippen LogP contribution in [-0.4, -0.2) is 60.8 Å². The van der Waals surface area contributed by atoms with Crippen LogP contribution < -0.4 is 4.90 Å². The monoisotopic (exact) mass is 737 g/mol. The summed E-state index contributed by atoms with van der Waals surface area (Å²) in [6.07, 6.45) is 15.1. The first-order chi connectivity index (χ1) is 24.6. The summed E-state index contributed by atoms with van der Waals surface area (Å²) in [4.78, 5) is 2.25. The lowest BCUT2D eigenvalue weighted by Gasteiger charge is -2.27. The van der Waals surface area contributed by atoms with E-state index in [0.29, 0.717) is 25.9 Å². The van der Waals surface area contributed by atoms with Crippen LogP contribution >= 0.6 is 0 Å². The van der Waals surface area contributed by atoms with Crippen molar-refractivity contribution in [2.45, 2.75) is 57.8 Å². The second kappa shape index (κ2) is 14.6. The standard InChI is InChI=1S/C42H46N2O6S2/c1-41(2)37(43(27-14-15-29-51(45,46)47)35-25-23-31-17-10-12-19-33(31)39(35)41)21-8-6-5-7-9-22-38-42(3,4)40-34-20-13-11-18-32(34)24-26-36(40)44(38)28-16-30-52(48,49)50/h5-13,17-26H,14-16,27-30H2,1-4H3,(H-,45,46,47,48,49,50)/p-1. The molecule has 2 aliphatic rings. The highest BCUT2D eigenvalue weighted by atomic mass is 32.2. The van der Waals surface area contributed by atoms with Gasteiger partial charge in [0, 0.05) is 59.0 Å². The Morgan fingerprint density at radius 2 is 1.23 bits per heavy atom. The van der Waals surface area contributed by atoms with Crippen LogP contribution in [-0.2, 0) is 31.1 Å². The van der Waals surface area contributed by atoms with Crippen molar-refractivity contribution in [2.24, 2.45) is 0 Å². The quantitative estimate of drug-likeness (QED) is 0.0591. The lowest BCUT2D eigenvalue weighted by molar-refractivity contribution is -0.437. The van der Waals surface area contributed by atoms with Gasteiger partial charge in [-0.05, 0) is 72.0 Å². The molecular formula is C42H45N2O6S2-. The van der Waals surface area contributed by atoms with Crippen molar-refractivity contribution in [1.82, 2.24) is 0 Å². The summed E-state index contributed by atoms with van der Waals surface area (Å²) >= 11 is 0. The normalized spacial score (nSPS) is 17.9. The van der Waals surface area contributed by atoms with E-state index >= 15 is 0 Å². The van der Waals surface area contributed by atoms with Gasteiger partial charge in [0.1, 0.15) is 6.54 Å². The number of benzene rings is 4. The van der Waals surface area contributed by atoms with Gasteiger partial charge in [-0.25, -0.2) is 16.8 Å². The number of hydrogen-bond acceptors (Lipinski definition) is 7. The first-order valence-electron chi connectivity index (χ1n) is 17.7. The summed E-state index contributed by atoms with van der Waals surface area (Å²) in [5.74, 6) is -0.785. The fourth-order valence-electron chi connectivity index (χ4n) is 7.99. The maximum atomic E-state index is 11.4. The van der Waals surface area contributed by atoms with E-state index in [1.807, 2.05) is 54.6 Å². The van der Waals surface area contributed by atoms with Gasteiger partial charge in [0.2, 0.25) is 5.69 Å². The molecule has 4 aromatic rings. The predicted molar refractivity (Wildman–Crippen MR) is 210 cm³/mol. The Morgan fingerprint density at radius 1 is 0.654 bits per heavy atom. The molecule has 2 heterocycles. The van der Waals surface area contributed by atoms with Crippen LogP contribution in [0.15, 0.2) is 121 Å². The van der Waals surface area contributed by atoms with E-state index in [0.717, 1.165) is 38.9 Å². The van der Waals surface area contributed by atoms with Crippen molar-refractivity contribution in [3.63, 3.8) is 0 Å². The molecule has 0 spiro atoms. The van der Waals surface area contributed by atoms with Crippen LogP contribution in [0.2, 0.25) is 0 Å². The highest BCUT2D eigenvalue weighted by Gasteiger charge is 2.45. The van der Waals surface area contributed by atoms with E-state index in [2.05, 4.69) is 97.9 Å². The summed E-state index contributed by atoms with van der Waals surface area (Å²) < 4.78 is 70.2. The molecule has 0 radical (unpaired) electrons. The Labute approximate surface area is 307 Å².